The summed E-state index contributed by atoms with van der Waals surface area (Å²) in [5.74, 6) is 1.65. The van der Waals surface area contributed by atoms with Crippen LogP contribution in [0, 0.1) is 0 Å². The average Bonchev–Trinajstić information content (AvgIpc) is 3.21. The van der Waals surface area contributed by atoms with Crippen LogP contribution >= 0.6 is 11.6 Å². The molecule has 3 aromatic carbocycles. The average molecular weight is 391 g/mol. The van der Waals surface area contributed by atoms with Gasteiger partial charge >= 0.3 is 0 Å². The Bertz CT molecular complexity index is 1140. The molecule has 0 spiro atoms. The number of hydrogen-bond donors (Lipinski definition) is 1. The number of benzene rings is 3. The van der Waals surface area contributed by atoms with E-state index in [0.29, 0.717) is 0 Å². The van der Waals surface area contributed by atoms with E-state index in [-0.39, 0.29) is 12.1 Å². The molecular formula is C22H19ClN4O. The van der Waals surface area contributed by atoms with E-state index in [1.54, 1.807) is 13.4 Å². The molecule has 4 aromatic rings. The first-order valence-electron chi connectivity index (χ1n) is 9.20. The Kier molecular flexibility index (Phi) is 4.17. The number of aromatic nitrogens is 3. The molecule has 1 aliphatic heterocycles. The zero-order valence-corrected chi connectivity index (χ0v) is 16.1. The highest BCUT2D eigenvalue weighted by molar-refractivity contribution is 6.30. The molecule has 0 saturated heterocycles. The van der Waals surface area contributed by atoms with Crippen LogP contribution in [0.5, 0.6) is 5.75 Å². The predicted molar refractivity (Wildman–Crippen MR) is 111 cm³/mol. The zero-order valence-electron chi connectivity index (χ0n) is 15.3. The topological polar surface area (TPSA) is 52.0 Å². The summed E-state index contributed by atoms with van der Waals surface area (Å²) in [4.78, 5) is 4.41. The Balaban J connectivity index is 1.52. The van der Waals surface area contributed by atoms with Crippen molar-refractivity contribution >= 4 is 28.3 Å². The molecule has 6 heteroatoms. The van der Waals surface area contributed by atoms with E-state index in [0.717, 1.165) is 28.5 Å². The van der Waals surface area contributed by atoms with Gasteiger partial charge in [-0.2, -0.15) is 10.1 Å². The number of hydrogen-bond acceptors (Lipinski definition) is 4. The molecule has 2 heterocycles. The van der Waals surface area contributed by atoms with Gasteiger partial charge in [0, 0.05) is 5.02 Å². The van der Waals surface area contributed by atoms with Crippen LogP contribution in [0.25, 0.3) is 10.8 Å². The SMILES string of the molecule is COc1ccc2cc([C@@H]3C[C@@H](c4ccc(Cl)cc4)n4ncnc4N3)ccc2c1. The molecule has 2 atom stereocenters. The fourth-order valence-electron chi connectivity index (χ4n) is 3.89. The first-order chi connectivity index (χ1) is 13.7. The van der Waals surface area contributed by atoms with Gasteiger partial charge in [-0.1, -0.05) is 41.9 Å². The lowest BCUT2D eigenvalue weighted by Gasteiger charge is -2.32. The molecule has 0 amide bonds. The van der Waals surface area contributed by atoms with Crippen molar-refractivity contribution < 1.29 is 4.74 Å². The normalized spacial score (nSPS) is 18.5. The summed E-state index contributed by atoms with van der Waals surface area (Å²) in [6, 6.07) is 20.9. The molecule has 0 radical (unpaired) electrons. The second-order valence-electron chi connectivity index (χ2n) is 7.00. The lowest BCUT2D eigenvalue weighted by Crippen LogP contribution is -2.28. The monoisotopic (exact) mass is 390 g/mol. The van der Waals surface area contributed by atoms with Gasteiger partial charge in [0.25, 0.3) is 0 Å². The second kappa shape index (κ2) is 6.84. The second-order valence-corrected chi connectivity index (χ2v) is 7.44. The highest BCUT2D eigenvalue weighted by Gasteiger charge is 2.30. The summed E-state index contributed by atoms with van der Waals surface area (Å²) in [5.41, 5.74) is 2.40. The molecule has 1 aromatic heterocycles. The third-order valence-corrected chi connectivity index (χ3v) is 5.61. The number of ether oxygens (including phenoxy) is 1. The van der Waals surface area contributed by atoms with Gasteiger partial charge in [-0.25, -0.2) is 4.68 Å². The van der Waals surface area contributed by atoms with Crippen LogP contribution in [-0.4, -0.2) is 21.9 Å². The molecule has 5 rings (SSSR count). The van der Waals surface area contributed by atoms with E-state index >= 15 is 0 Å². The third kappa shape index (κ3) is 2.98. The van der Waals surface area contributed by atoms with Crippen LogP contribution in [0.1, 0.15) is 29.6 Å². The largest absolute Gasteiger partial charge is 0.497 e. The van der Waals surface area contributed by atoms with Crippen molar-refractivity contribution in [1.82, 2.24) is 14.8 Å². The molecule has 0 unspecified atom stereocenters. The Morgan fingerprint density at radius 2 is 1.75 bits per heavy atom. The minimum Gasteiger partial charge on any atom is -0.497 e. The van der Waals surface area contributed by atoms with Gasteiger partial charge in [0.05, 0.1) is 19.2 Å². The van der Waals surface area contributed by atoms with Gasteiger partial charge in [-0.15, -0.1) is 0 Å². The number of nitrogens with one attached hydrogen (secondary N) is 1. The number of rotatable bonds is 3. The van der Waals surface area contributed by atoms with Crippen LogP contribution < -0.4 is 10.1 Å². The van der Waals surface area contributed by atoms with Crippen molar-refractivity contribution in [2.45, 2.75) is 18.5 Å². The molecule has 140 valence electrons. The van der Waals surface area contributed by atoms with Gasteiger partial charge in [-0.3, -0.25) is 0 Å². The van der Waals surface area contributed by atoms with Crippen molar-refractivity contribution in [3.63, 3.8) is 0 Å². The van der Waals surface area contributed by atoms with Crippen molar-refractivity contribution in [3.8, 4) is 5.75 Å². The van der Waals surface area contributed by atoms with Gasteiger partial charge in [-0.05, 0) is 58.7 Å². The highest BCUT2D eigenvalue weighted by Crippen LogP contribution is 2.38. The first kappa shape index (κ1) is 17.1. The molecule has 1 N–H and O–H groups in total. The quantitative estimate of drug-likeness (QED) is 0.519. The fraction of sp³-hybridized carbons (Fsp3) is 0.182. The summed E-state index contributed by atoms with van der Waals surface area (Å²) < 4.78 is 7.28. The third-order valence-electron chi connectivity index (χ3n) is 5.36. The first-order valence-corrected chi connectivity index (χ1v) is 9.58. The van der Waals surface area contributed by atoms with Gasteiger partial charge in [0.1, 0.15) is 12.1 Å². The van der Waals surface area contributed by atoms with E-state index in [9.17, 15) is 0 Å². The zero-order chi connectivity index (χ0) is 19.1. The van der Waals surface area contributed by atoms with E-state index in [2.05, 4.69) is 57.9 Å². The van der Waals surface area contributed by atoms with Crippen LogP contribution in [-0.2, 0) is 0 Å². The van der Waals surface area contributed by atoms with Crippen LogP contribution in [0.4, 0.5) is 5.95 Å². The van der Waals surface area contributed by atoms with E-state index < -0.39 is 0 Å². The summed E-state index contributed by atoms with van der Waals surface area (Å²) in [5, 5.41) is 11.0. The minimum atomic E-state index is 0.104. The van der Waals surface area contributed by atoms with E-state index in [4.69, 9.17) is 16.3 Å². The Morgan fingerprint density at radius 1 is 1.00 bits per heavy atom. The summed E-state index contributed by atoms with van der Waals surface area (Å²) >= 11 is 6.08. The van der Waals surface area contributed by atoms with E-state index in [1.165, 1.54) is 16.5 Å². The number of anilines is 1. The lowest BCUT2D eigenvalue weighted by molar-refractivity contribution is 0.415. The van der Waals surface area contributed by atoms with E-state index in [1.807, 2.05) is 22.9 Å². The van der Waals surface area contributed by atoms with Crippen molar-refractivity contribution in [1.29, 1.82) is 0 Å². The molecule has 0 saturated carbocycles. The molecule has 0 aliphatic carbocycles. The minimum absolute atomic E-state index is 0.104. The maximum Gasteiger partial charge on any atom is 0.222 e. The van der Waals surface area contributed by atoms with Gasteiger partial charge in [0.15, 0.2) is 0 Å². The van der Waals surface area contributed by atoms with Gasteiger partial charge < -0.3 is 10.1 Å². The molecule has 0 fully saturated rings. The number of halogens is 1. The van der Waals surface area contributed by atoms with Crippen molar-refractivity contribution in [2.24, 2.45) is 0 Å². The number of nitrogens with zero attached hydrogens (tertiary/aromatic N) is 3. The number of fused-ring (bicyclic) bond motifs is 2. The molecule has 28 heavy (non-hydrogen) atoms. The Morgan fingerprint density at radius 3 is 2.57 bits per heavy atom. The number of methoxy groups -OCH3 is 1. The summed E-state index contributed by atoms with van der Waals surface area (Å²) in [6.07, 6.45) is 2.47. The lowest BCUT2D eigenvalue weighted by atomic mass is 9.92. The molecular weight excluding hydrogens is 372 g/mol. The molecule has 5 nitrogen and oxygen atoms in total. The summed E-state index contributed by atoms with van der Waals surface area (Å²) in [6.45, 7) is 0. The van der Waals surface area contributed by atoms with Crippen LogP contribution in [0.15, 0.2) is 67.0 Å². The van der Waals surface area contributed by atoms with Crippen LogP contribution in [0.2, 0.25) is 5.02 Å². The van der Waals surface area contributed by atoms with Crippen LogP contribution in [0.3, 0.4) is 0 Å². The summed E-state index contributed by atoms with van der Waals surface area (Å²) in [7, 11) is 1.69. The van der Waals surface area contributed by atoms with Crippen molar-refractivity contribution in [2.75, 3.05) is 12.4 Å². The van der Waals surface area contributed by atoms with Crippen molar-refractivity contribution in [3.05, 3.63) is 83.1 Å². The Hall–Kier alpha value is -3.05. The maximum atomic E-state index is 6.08. The van der Waals surface area contributed by atoms with Gasteiger partial charge in [0.2, 0.25) is 5.95 Å². The predicted octanol–water partition coefficient (Wildman–Crippen LogP) is 5.24. The Labute approximate surface area is 167 Å². The highest BCUT2D eigenvalue weighted by atomic mass is 35.5. The molecule has 0 bridgehead atoms. The smallest absolute Gasteiger partial charge is 0.222 e. The standard InChI is InChI=1S/C22H19ClN4O/c1-28-19-9-6-15-10-17(3-2-16(15)11-19)20-12-21(14-4-7-18(23)8-5-14)27-22(26-20)24-13-25-27/h2-11,13,20-21H,12H2,1H3,(H,24,25,26)/t20-,21-/m0/s1. The maximum absolute atomic E-state index is 6.08. The fourth-order valence-corrected chi connectivity index (χ4v) is 4.01. The molecule has 1 aliphatic rings.